The van der Waals surface area contributed by atoms with Crippen LogP contribution >= 0.6 is 11.3 Å². The van der Waals surface area contributed by atoms with Gasteiger partial charge in [-0.2, -0.15) is 0 Å². The predicted octanol–water partition coefficient (Wildman–Crippen LogP) is 1.65. The number of ether oxygens (including phenoxy) is 1. The van der Waals surface area contributed by atoms with Crippen molar-refractivity contribution in [3.05, 3.63) is 40.9 Å². The van der Waals surface area contributed by atoms with Crippen LogP contribution in [0.1, 0.15) is 49.6 Å². The molecule has 1 saturated heterocycles. The fourth-order valence-corrected chi connectivity index (χ4v) is 8.07. The molecule has 1 aromatic heterocycles. The second-order valence-electron chi connectivity index (χ2n) is 11.4. The maximum Gasteiger partial charge on any atom is 0.220 e. The molecule has 196 valence electrons. The van der Waals surface area contributed by atoms with Crippen molar-refractivity contribution in [3.63, 3.8) is 0 Å². The zero-order chi connectivity index (χ0) is 25.3. The fourth-order valence-electron chi connectivity index (χ4n) is 6.90. The number of thiazole rings is 1. The molecule has 0 spiro atoms. The zero-order valence-electron chi connectivity index (χ0n) is 21.5. The standard InChI is InChI=1S/C28H39N3O4S/c1-27-9-8-23(33)28(2,18-32)22(27)17-21-25(30-26(36-21)19-6-4-3-5-7-19)20(27)16-24(34)29-10-11-31-12-14-35-15-13-31/h3-7,20,22-23,32-33H,8-18H2,1-2H3,(H,29,34)/p+1/t20-,22+,23-,27+,28+/m1/s1. The quantitative estimate of drug-likeness (QED) is 0.451. The van der Waals surface area contributed by atoms with Crippen LogP contribution in [0.4, 0.5) is 0 Å². The van der Waals surface area contributed by atoms with Gasteiger partial charge >= 0.3 is 0 Å². The lowest BCUT2D eigenvalue weighted by Gasteiger charge is -2.58. The monoisotopic (exact) mass is 514 g/mol. The highest BCUT2D eigenvalue weighted by Gasteiger charge is 2.59. The third kappa shape index (κ3) is 4.74. The average molecular weight is 515 g/mol. The molecule has 5 rings (SSSR count). The largest absolute Gasteiger partial charge is 0.396 e. The molecule has 8 heteroatoms. The van der Waals surface area contributed by atoms with E-state index in [0.717, 1.165) is 62.0 Å². The highest BCUT2D eigenvalue weighted by atomic mass is 32.1. The van der Waals surface area contributed by atoms with E-state index in [0.29, 0.717) is 19.4 Å². The molecule has 7 nitrogen and oxygen atoms in total. The van der Waals surface area contributed by atoms with Gasteiger partial charge in [0.15, 0.2) is 0 Å². The Balaban J connectivity index is 1.42. The van der Waals surface area contributed by atoms with Gasteiger partial charge in [-0.3, -0.25) is 4.79 Å². The molecule has 1 saturated carbocycles. The molecule has 2 heterocycles. The summed E-state index contributed by atoms with van der Waals surface area (Å²) >= 11 is 1.70. The number of benzene rings is 1. The average Bonchev–Trinajstić information content (AvgIpc) is 3.33. The van der Waals surface area contributed by atoms with Crippen molar-refractivity contribution in [2.75, 3.05) is 46.0 Å². The van der Waals surface area contributed by atoms with Crippen molar-refractivity contribution in [3.8, 4) is 10.6 Å². The molecule has 2 aliphatic carbocycles. The van der Waals surface area contributed by atoms with Crippen LogP contribution in [0, 0.1) is 16.7 Å². The summed E-state index contributed by atoms with van der Waals surface area (Å²) in [7, 11) is 0. The minimum Gasteiger partial charge on any atom is -0.396 e. The smallest absolute Gasteiger partial charge is 0.220 e. The van der Waals surface area contributed by atoms with Gasteiger partial charge in [0.2, 0.25) is 5.91 Å². The number of morpholine rings is 1. The Morgan fingerprint density at radius 3 is 2.72 bits per heavy atom. The number of nitrogens with one attached hydrogen (secondary N) is 2. The summed E-state index contributed by atoms with van der Waals surface area (Å²) in [4.78, 5) is 21.1. The summed E-state index contributed by atoms with van der Waals surface area (Å²) in [5, 5.41) is 25.6. The molecule has 0 bridgehead atoms. The zero-order valence-corrected chi connectivity index (χ0v) is 22.3. The summed E-state index contributed by atoms with van der Waals surface area (Å²) in [6, 6.07) is 10.2. The van der Waals surface area contributed by atoms with E-state index in [4.69, 9.17) is 9.72 Å². The number of rotatable bonds is 7. The number of hydrogen-bond acceptors (Lipinski definition) is 6. The van der Waals surface area contributed by atoms with Crippen LogP contribution in [-0.4, -0.2) is 73.2 Å². The van der Waals surface area contributed by atoms with Gasteiger partial charge in [0.1, 0.15) is 18.1 Å². The molecule has 3 aliphatic rings. The van der Waals surface area contributed by atoms with Gasteiger partial charge in [0, 0.05) is 28.2 Å². The molecule has 2 aromatic rings. The Bertz CT molecular complexity index is 1060. The summed E-state index contributed by atoms with van der Waals surface area (Å²) < 4.78 is 5.44. The summed E-state index contributed by atoms with van der Waals surface area (Å²) in [6.07, 6.45) is 2.07. The predicted molar refractivity (Wildman–Crippen MR) is 140 cm³/mol. The number of fused-ring (bicyclic) bond motifs is 2. The number of nitrogens with zero attached hydrogens (tertiary/aromatic N) is 1. The molecule has 0 unspecified atom stereocenters. The van der Waals surface area contributed by atoms with Crippen LogP contribution in [-0.2, 0) is 16.0 Å². The third-order valence-electron chi connectivity index (χ3n) is 9.30. The van der Waals surface area contributed by atoms with E-state index in [9.17, 15) is 15.0 Å². The summed E-state index contributed by atoms with van der Waals surface area (Å²) in [6.45, 7) is 9.35. The highest BCUT2D eigenvalue weighted by molar-refractivity contribution is 7.15. The number of carbonyl (C=O) groups is 1. The number of hydrogen-bond donors (Lipinski definition) is 4. The second-order valence-corrected chi connectivity index (χ2v) is 12.5. The minimum absolute atomic E-state index is 0.0472. The Labute approximate surface area is 217 Å². The van der Waals surface area contributed by atoms with Gasteiger partial charge < -0.3 is 25.2 Å². The van der Waals surface area contributed by atoms with E-state index < -0.39 is 11.5 Å². The first-order valence-corrected chi connectivity index (χ1v) is 14.2. The Hall–Kier alpha value is -1.84. The molecule has 5 atom stereocenters. The lowest BCUT2D eigenvalue weighted by Crippen LogP contribution is -3.14. The van der Waals surface area contributed by atoms with E-state index >= 15 is 0 Å². The third-order valence-corrected chi connectivity index (χ3v) is 10.4. The highest BCUT2D eigenvalue weighted by Crippen LogP contribution is 2.62. The fraction of sp³-hybridized carbons (Fsp3) is 0.643. The molecule has 36 heavy (non-hydrogen) atoms. The molecule has 1 aromatic carbocycles. The Morgan fingerprint density at radius 1 is 1.25 bits per heavy atom. The van der Waals surface area contributed by atoms with Crippen LogP contribution in [0.2, 0.25) is 0 Å². The lowest BCUT2D eigenvalue weighted by atomic mass is 9.47. The van der Waals surface area contributed by atoms with Crippen LogP contribution in [0.5, 0.6) is 0 Å². The molecule has 4 N–H and O–H groups in total. The van der Waals surface area contributed by atoms with Crippen LogP contribution < -0.4 is 10.2 Å². The first-order chi connectivity index (χ1) is 17.3. The number of aromatic nitrogens is 1. The van der Waals surface area contributed by atoms with Crippen LogP contribution in [0.25, 0.3) is 10.6 Å². The maximum absolute atomic E-state index is 13.3. The topological polar surface area (TPSA) is 96.1 Å². The molecule has 0 radical (unpaired) electrons. The molecular weight excluding hydrogens is 474 g/mol. The van der Waals surface area contributed by atoms with E-state index in [1.807, 2.05) is 25.1 Å². The first-order valence-electron chi connectivity index (χ1n) is 13.4. The normalized spacial score (nSPS) is 32.5. The van der Waals surface area contributed by atoms with E-state index in [2.05, 4.69) is 24.4 Å². The number of carbonyl (C=O) groups excluding carboxylic acids is 1. The minimum atomic E-state index is -0.601. The molecule has 2 fully saturated rings. The number of quaternary nitrogens is 1. The number of aliphatic hydroxyl groups excluding tert-OH is 2. The molecule has 1 aliphatic heterocycles. The van der Waals surface area contributed by atoms with Crippen molar-refractivity contribution >= 4 is 17.2 Å². The van der Waals surface area contributed by atoms with Gasteiger partial charge in [-0.05, 0) is 30.6 Å². The van der Waals surface area contributed by atoms with E-state index in [1.165, 1.54) is 9.78 Å². The maximum atomic E-state index is 13.3. The second kappa shape index (κ2) is 10.5. The number of amides is 1. The summed E-state index contributed by atoms with van der Waals surface area (Å²) in [5.74, 6) is 0.0894. The van der Waals surface area contributed by atoms with Gasteiger partial charge in [-0.1, -0.05) is 44.2 Å². The van der Waals surface area contributed by atoms with Crippen molar-refractivity contribution in [2.24, 2.45) is 16.7 Å². The van der Waals surface area contributed by atoms with Crippen molar-refractivity contribution in [2.45, 2.75) is 51.6 Å². The molecular formula is C28H40N3O4S+. The summed E-state index contributed by atoms with van der Waals surface area (Å²) in [5.41, 5.74) is 1.31. The first kappa shape index (κ1) is 25.8. The van der Waals surface area contributed by atoms with Gasteiger partial charge in [0.05, 0.1) is 44.7 Å². The Morgan fingerprint density at radius 2 is 2.00 bits per heavy atom. The van der Waals surface area contributed by atoms with Crippen LogP contribution in [0.3, 0.4) is 0 Å². The van der Waals surface area contributed by atoms with Gasteiger partial charge in [-0.15, -0.1) is 11.3 Å². The van der Waals surface area contributed by atoms with Gasteiger partial charge in [-0.25, -0.2) is 4.98 Å². The van der Waals surface area contributed by atoms with Crippen molar-refractivity contribution in [1.82, 2.24) is 10.3 Å². The van der Waals surface area contributed by atoms with Crippen molar-refractivity contribution in [1.29, 1.82) is 0 Å². The van der Waals surface area contributed by atoms with Gasteiger partial charge in [0.25, 0.3) is 0 Å². The van der Waals surface area contributed by atoms with E-state index in [-0.39, 0.29) is 29.8 Å². The number of aliphatic hydroxyl groups is 2. The van der Waals surface area contributed by atoms with Crippen LogP contribution in [0.15, 0.2) is 30.3 Å². The van der Waals surface area contributed by atoms with Crippen molar-refractivity contribution < 1.29 is 24.6 Å². The van der Waals surface area contributed by atoms with E-state index in [1.54, 1.807) is 11.3 Å². The SMILES string of the molecule is C[C@]1(CO)[C@H]2Cc3sc(-c4ccccc4)nc3[C@@H](CC(=O)NCC[NH+]3CCOCC3)[C@]2(C)CC[C@H]1O. The lowest BCUT2D eigenvalue weighted by molar-refractivity contribution is -0.906. The Kier molecular flexibility index (Phi) is 7.52. The molecule has 1 amide bonds.